The Morgan fingerprint density at radius 1 is 0.507 bits per heavy atom. The van der Waals surface area contributed by atoms with Crippen molar-refractivity contribution in [2.75, 3.05) is 0 Å². The van der Waals surface area contributed by atoms with Gasteiger partial charge in [-0.2, -0.15) is 0 Å². The third-order valence-electron chi connectivity index (χ3n) is 12.9. The van der Waals surface area contributed by atoms with Crippen LogP contribution in [0.2, 0.25) is 0 Å². The fraction of sp³-hybridized carbons (Fsp3) is 0.0476. The summed E-state index contributed by atoms with van der Waals surface area (Å²) in [6.45, 7) is 4.34. The highest BCUT2D eigenvalue weighted by Gasteiger charge is 2.21. The van der Waals surface area contributed by atoms with Crippen molar-refractivity contribution in [2.24, 2.45) is 0 Å². The van der Waals surface area contributed by atoms with E-state index in [2.05, 4.69) is 114 Å². The summed E-state index contributed by atoms with van der Waals surface area (Å²) in [5.74, 6) is 2.13. The fourth-order valence-corrected chi connectivity index (χ4v) is 9.75. The van der Waals surface area contributed by atoms with Gasteiger partial charge in [0, 0.05) is 39.5 Å². The Morgan fingerprint density at radius 2 is 1.13 bits per heavy atom. The molecular formula is C63H45N5O. The molecule has 13 rings (SSSR count). The van der Waals surface area contributed by atoms with E-state index in [1.165, 1.54) is 10.8 Å². The van der Waals surface area contributed by atoms with Crippen LogP contribution in [-0.2, 0) is 0 Å². The smallest absolute Gasteiger partial charge is 0.269 e. The zero-order chi connectivity index (χ0) is 54.7. The van der Waals surface area contributed by atoms with Gasteiger partial charge in [-0.1, -0.05) is 159 Å². The van der Waals surface area contributed by atoms with Crippen LogP contribution in [0.5, 0.6) is 11.5 Å². The minimum atomic E-state index is -0.569. The number of fused-ring (bicyclic) bond motifs is 7. The summed E-state index contributed by atoms with van der Waals surface area (Å²) in [4.78, 5) is 4.93. The van der Waals surface area contributed by atoms with Gasteiger partial charge in [0.15, 0.2) is 0 Å². The first-order chi connectivity index (χ1) is 38.2. The first-order valence-electron chi connectivity index (χ1n) is 27.7. The average molecular weight is 898 g/mol. The van der Waals surface area contributed by atoms with Crippen molar-refractivity contribution in [3.8, 4) is 56.6 Å². The van der Waals surface area contributed by atoms with Crippen molar-refractivity contribution < 1.29 is 23.0 Å². The third kappa shape index (κ3) is 6.79. The van der Waals surface area contributed by atoms with Gasteiger partial charge in [0.1, 0.15) is 17.3 Å². The molecule has 0 aliphatic carbocycles. The normalized spacial score (nSPS) is 13.8. The van der Waals surface area contributed by atoms with Gasteiger partial charge in [-0.05, 0) is 107 Å². The first-order valence-corrected chi connectivity index (χ1v) is 22.7. The van der Waals surface area contributed by atoms with Crippen molar-refractivity contribution in [1.29, 1.82) is 0 Å². The molecule has 0 spiro atoms. The Balaban J connectivity index is 0.965. The molecule has 6 nitrogen and oxygen atoms in total. The monoisotopic (exact) mass is 897 g/mol. The molecular weight excluding hydrogens is 843 g/mol. The number of hydrogen-bond acceptors (Lipinski definition) is 2. The van der Waals surface area contributed by atoms with E-state index >= 15 is 0 Å². The first kappa shape index (κ1) is 31.1. The van der Waals surface area contributed by atoms with Crippen LogP contribution in [0.25, 0.3) is 99.8 Å². The number of imidazole rings is 1. The number of rotatable bonds is 9. The maximum Gasteiger partial charge on any atom is 0.269 e. The molecule has 328 valence electrons. The highest BCUT2D eigenvalue weighted by Crippen LogP contribution is 2.40. The number of para-hydroxylation sites is 5. The van der Waals surface area contributed by atoms with E-state index in [0.717, 1.165) is 49.9 Å². The number of hydrogen-bond donors (Lipinski definition) is 0. The molecule has 0 atom stereocenters. The summed E-state index contributed by atoms with van der Waals surface area (Å²) in [7, 11) is 0. The van der Waals surface area contributed by atoms with E-state index in [-0.39, 0.29) is 33.9 Å². The molecule has 0 fully saturated rings. The SMILES string of the molecule is [2H]c1c([2H])c([2H])c(-c2cccc(-c3c([2H])c([2H])c([2H])c([2H])c3[2H])c2-[n+]2[c-]n(-c3cccc(Oc4ccc5c6cc(-n7c8ccccc8c8ccccc87)ccc6n(-c6cc(C(C)C)ccn6)c5c4)c3)c3ccccc32)c([2H])c1[2H]. The van der Waals surface area contributed by atoms with Gasteiger partial charge in [-0.25, -0.2) is 4.98 Å². The van der Waals surface area contributed by atoms with Crippen molar-refractivity contribution in [1.82, 2.24) is 18.7 Å². The van der Waals surface area contributed by atoms with E-state index in [4.69, 9.17) is 23.4 Å². The van der Waals surface area contributed by atoms with Gasteiger partial charge in [-0.15, -0.1) is 0 Å². The molecule has 0 aliphatic rings. The van der Waals surface area contributed by atoms with E-state index in [1.807, 2.05) is 66.9 Å². The zero-order valence-corrected chi connectivity index (χ0v) is 37.4. The molecule has 0 unspecified atom stereocenters. The number of benzene rings is 9. The summed E-state index contributed by atoms with van der Waals surface area (Å²) in [5.41, 5.74) is 8.36. The molecule has 0 bridgehead atoms. The summed E-state index contributed by atoms with van der Waals surface area (Å²) < 4.78 is 102. The van der Waals surface area contributed by atoms with Gasteiger partial charge in [0.05, 0.1) is 58.2 Å². The molecule has 0 aliphatic heterocycles. The van der Waals surface area contributed by atoms with Crippen LogP contribution in [0.4, 0.5) is 0 Å². The molecule has 0 radical (unpaired) electrons. The minimum Gasteiger partial charge on any atom is -0.458 e. The van der Waals surface area contributed by atoms with Crippen LogP contribution in [0.1, 0.15) is 39.0 Å². The number of aromatic nitrogens is 5. The Morgan fingerprint density at radius 3 is 1.84 bits per heavy atom. The van der Waals surface area contributed by atoms with Gasteiger partial charge < -0.3 is 9.30 Å². The minimum absolute atomic E-state index is 0.133. The van der Waals surface area contributed by atoms with Crippen LogP contribution < -0.4 is 9.30 Å². The predicted octanol–water partition coefficient (Wildman–Crippen LogP) is 15.5. The van der Waals surface area contributed by atoms with Gasteiger partial charge >= 0.3 is 0 Å². The highest BCUT2D eigenvalue weighted by molar-refractivity contribution is 6.12. The maximum absolute atomic E-state index is 9.07. The third-order valence-corrected chi connectivity index (χ3v) is 12.9. The Bertz CT molecular complexity index is 4510. The molecule has 0 N–H and O–H groups in total. The summed E-state index contributed by atoms with van der Waals surface area (Å²) >= 11 is 0. The lowest BCUT2D eigenvalue weighted by atomic mass is 9.95. The molecule has 0 saturated heterocycles. The standard InChI is InChI=1S/C63H45N5O/c1-42(2)45-35-36-64-62(37-45)68-58-34-31-47(67-56-27-11-9-23-52(56)53-24-10-12-28-57(53)67)39-55(58)54-33-32-49(40-61(54)68)69-48-22-15-21-46(38-48)65-41-66(60-30-14-13-29-59(60)65)63-50(43-17-5-3-6-18-43)25-16-26-51(63)44-19-7-4-8-20-44/h3-40,42H,1-2H3/i3D,4D,5D,6D,7D,8D,17D,18D,19D,20D. The molecule has 6 heteroatoms. The molecule has 4 heterocycles. The van der Waals surface area contributed by atoms with E-state index in [9.17, 15) is 0 Å². The summed E-state index contributed by atoms with van der Waals surface area (Å²) in [6, 6.07) is 48.3. The Kier molecular flexibility index (Phi) is 7.38. The summed E-state index contributed by atoms with van der Waals surface area (Å²) in [6.07, 6.45) is 5.32. The van der Waals surface area contributed by atoms with Gasteiger partial charge in [-0.3, -0.25) is 13.7 Å². The van der Waals surface area contributed by atoms with Crippen LogP contribution in [0.15, 0.2) is 230 Å². The van der Waals surface area contributed by atoms with E-state index in [0.29, 0.717) is 28.2 Å². The molecule has 4 aromatic heterocycles. The molecule has 13 aromatic rings. The van der Waals surface area contributed by atoms with Gasteiger partial charge in [0.25, 0.3) is 6.33 Å². The van der Waals surface area contributed by atoms with Crippen LogP contribution in [-0.4, -0.2) is 18.7 Å². The number of pyridine rings is 1. The quantitative estimate of drug-likeness (QED) is 0.107. The Hall–Kier alpha value is -9.00. The van der Waals surface area contributed by atoms with Crippen LogP contribution in [0, 0.1) is 6.33 Å². The lowest BCUT2D eigenvalue weighted by Crippen LogP contribution is -2.31. The second-order valence-electron chi connectivity index (χ2n) is 17.2. The molecule has 9 aromatic carbocycles. The fourth-order valence-electron chi connectivity index (χ4n) is 9.75. The zero-order valence-electron chi connectivity index (χ0n) is 47.4. The number of nitrogens with zero attached hydrogens (tertiary/aromatic N) is 5. The average Bonchev–Trinajstić information content (AvgIpc) is 4.37. The summed E-state index contributed by atoms with van der Waals surface area (Å²) in [5, 5.41) is 4.43. The maximum atomic E-state index is 9.07. The van der Waals surface area contributed by atoms with Crippen molar-refractivity contribution in [3.05, 3.63) is 242 Å². The van der Waals surface area contributed by atoms with E-state index < -0.39 is 60.4 Å². The number of ether oxygens (including phenoxy) is 1. The van der Waals surface area contributed by atoms with Crippen LogP contribution >= 0.6 is 0 Å². The predicted molar refractivity (Wildman–Crippen MR) is 282 cm³/mol. The second-order valence-corrected chi connectivity index (χ2v) is 17.2. The largest absolute Gasteiger partial charge is 0.458 e. The van der Waals surface area contributed by atoms with Crippen molar-refractivity contribution in [2.45, 2.75) is 19.8 Å². The van der Waals surface area contributed by atoms with E-state index in [1.54, 1.807) is 27.3 Å². The molecule has 0 amide bonds. The van der Waals surface area contributed by atoms with Gasteiger partial charge in [0.2, 0.25) is 0 Å². The second kappa shape index (κ2) is 16.4. The molecule has 69 heavy (non-hydrogen) atoms. The molecule has 0 saturated carbocycles. The lowest BCUT2D eigenvalue weighted by Gasteiger charge is -2.17. The lowest BCUT2D eigenvalue weighted by molar-refractivity contribution is -0.571. The highest BCUT2D eigenvalue weighted by atomic mass is 16.5. The van der Waals surface area contributed by atoms with Crippen LogP contribution in [0.3, 0.4) is 0 Å². The van der Waals surface area contributed by atoms with Crippen molar-refractivity contribution >= 4 is 54.6 Å². The van der Waals surface area contributed by atoms with Crippen molar-refractivity contribution in [3.63, 3.8) is 0 Å². The topological polar surface area (TPSA) is 40.8 Å². The Labute approximate surface area is 413 Å².